The predicted octanol–water partition coefficient (Wildman–Crippen LogP) is 3.82. The summed E-state index contributed by atoms with van der Waals surface area (Å²) in [6, 6.07) is 2.11. The number of ether oxygens (including phenoxy) is 1. The number of guanidine groups is 1. The number of carbonyl (C=O) groups is 1. The maximum atomic E-state index is 12.5. The maximum Gasteiger partial charge on any atom is 0.410 e. The van der Waals surface area contributed by atoms with Crippen molar-refractivity contribution in [1.82, 2.24) is 24.9 Å². The molecule has 182 valence electrons. The Bertz CT molecular complexity index is 744. The molecule has 32 heavy (non-hydrogen) atoms. The van der Waals surface area contributed by atoms with Gasteiger partial charge in [0.25, 0.3) is 0 Å². The average Bonchev–Trinajstić information content (AvgIpc) is 3.04. The highest BCUT2D eigenvalue weighted by Gasteiger charge is 2.27. The minimum absolute atomic E-state index is 0.208. The van der Waals surface area contributed by atoms with E-state index in [0.29, 0.717) is 12.5 Å². The number of aryl methyl sites for hydroxylation is 3. The van der Waals surface area contributed by atoms with Crippen LogP contribution in [0.25, 0.3) is 0 Å². The number of amides is 1. The first-order valence-electron chi connectivity index (χ1n) is 12.1. The molecule has 8 heteroatoms. The van der Waals surface area contributed by atoms with E-state index in [9.17, 15) is 4.79 Å². The highest BCUT2D eigenvalue weighted by molar-refractivity contribution is 5.80. The fourth-order valence-corrected chi connectivity index (χ4v) is 4.03. The summed E-state index contributed by atoms with van der Waals surface area (Å²) in [6.07, 6.45) is 2.86. The van der Waals surface area contributed by atoms with Crippen LogP contribution < -0.4 is 5.32 Å². The van der Waals surface area contributed by atoms with E-state index in [0.717, 1.165) is 70.2 Å². The van der Waals surface area contributed by atoms with Crippen molar-refractivity contribution >= 4 is 12.1 Å². The molecule has 2 heterocycles. The van der Waals surface area contributed by atoms with Gasteiger partial charge in [-0.3, -0.25) is 9.67 Å². The van der Waals surface area contributed by atoms with Crippen LogP contribution >= 0.6 is 0 Å². The largest absolute Gasteiger partial charge is 0.444 e. The first kappa shape index (κ1) is 26.0. The standard InChI is InChI=1S/C24H44N6O2/c1-8-25-22(26-13-10-14-30-20(4)17-19(3)27-30)29-15-11-21(12-16-29)18-28(9-2)23(31)32-24(5,6)7/h17,21H,8-16,18H2,1-7H3,(H,25,26). The van der Waals surface area contributed by atoms with E-state index in [1.807, 2.05) is 39.5 Å². The molecule has 0 unspecified atom stereocenters. The summed E-state index contributed by atoms with van der Waals surface area (Å²) >= 11 is 0. The van der Waals surface area contributed by atoms with Gasteiger partial charge in [0.05, 0.1) is 5.69 Å². The fourth-order valence-electron chi connectivity index (χ4n) is 4.03. The molecule has 1 aliphatic heterocycles. The molecule has 1 fully saturated rings. The van der Waals surface area contributed by atoms with E-state index in [1.54, 1.807) is 0 Å². The number of hydrogen-bond acceptors (Lipinski definition) is 4. The number of piperidine rings is 1. The van der Waals surface area contributed by atoms with Gasteiger partial charge in [0, 0.05) is 51.5 Å². The van der Waals surface area contributed by atoms with E-state index in [4.69, 9.17) is 9.73 Å². The van der Waals surface area contributed by atoms with Gasteiger partial charge in [-0.05, 0) is 79.7 Å². The fraction of sp³-hybridized carbons (Fsp3) is 0.792. The lowest BCUT2D eigenvalue weighted by molar-refractivity contribution is 0.0214. The van der Waals surface area contributed by atoms with Crippen molar-refractivity contribution in [3.05, 3.63) is 17.5 Å². The van der Waals surface area contributed by atoms with Gasteiger partial charge in [0.1, 0.15) is 5.60 Å². The van der Waals surface area contributed by atoms with Crippen LogP contribution in [-0.2, 0) is 11.3 Å². The first-order chi connectivity index (χ1) is 15.1. The van der Waals surface area contributed by atoms with Crippen LogP contribution in [-0.4, -0.2) is 76.5 Å². The van der Waals surface area contributed by atoms with Gasteiger partial charge in [-0.15, -0.1) is 0 Å². The highest BCUT2D eigenvalue weighted by Crippen LogP contribution is 2.20. The zero-order chi connectivity index (χ0) is 23.7. The number of carbonyl (C=O) groups excluding carboxylic acids is 1. The first-order valence-corrected chi connectivity index (χ1v) is 12.1. The predicted molar refractivity (Wildman–Crippen MR) is 130 cm³/mol. The van der Waals surface area contributed by atoms with E-state index in [2.05, 4.69) is 39.9 Å². The summed E-state index contributed by atoms with van der Waals surface area (Å²) in [5.74, 6) is 1.49. The molecule has 0 spiro atoms. The number of likely N-dealkylation sites (tertiary alicyclic amines) is 1. The Morgan fingerprint density at radius 1 is 1.28 bits per heavy atom. The van der Waals surface area contributed by atoms with Crippen molar-refractivity contribution in [3.63, 3.8) is 0 Å². The second kappa shape index (κ2) is 12.1. The zero-order valence-corrected chi connectivity index (χ0v) is 21.3. The molecular formula is C24H44N6O2. The SMILES string of the molecule is CCNC(=NCCCn1nc(C)cc1C)N1CCC(CN(CC)C(=O)OC(C)(C)C)CC1. The topological polar surface area (TPSA) is 75.0 Å². The normalized spacial score (nSPS) is 15.7. The summed E-state index contributed by atoms with van der Waals surface area (Å²) in [5, 5.41) is 7.98. The lowest BCUT2D eigenvalue weighted by Gasteiger charge is -2.36. The molecule has 2 rings (SSSR count). The Morgan fingerprint density at radius 2 is 1.97 bits per heavy atom. The third kappa shape index (κ3) is 8.36. The Hall–Kier alpha value is -2.25. The number of nitrogens with zero attached hydrogens (tertiary/aromatic N) is 5. The molecule has 8 nitrogen and oxygen atoms in total. The molecule has 0 saturated carbocycles. The Morgan fingerprint density at radius 3 is 2.50 bits per heavy atom. The lowest BCUT2D eigenvalue weighted by Crippen LogP contribution is -2.48. The summed E-state index contributed by atoms with van der Waals surface area (Å²) in [4.78, 5) is 21.5. The quantitative estimate of drug-likeness (QED) is 0.372. The van der Waals surface area contributed by atoms with Crippen LogP contribution in [0.5, 0.6) is 0 Å². The molecule has 1 aliphatic rings. The summed E-state index contributed by atoms with van der Waals surface area (Å²) in [6.45, 7) is 19.9. The summed E-state index contributed by atoms with van der Waals surface area (Å²) in [5.41, 5.74) is 1.81. The van der Waals surface area contributed by atoms with Crippen molar-refractivity contribution in [3.8, 4) is 0 Å². The van der Waals surface area contributed by atoms with Crippen LogP contribution in [0.1, 0.15) is 65.3 Å². The highest BCUT2D eigenvalue weighted by atomic mass is 16.6. The minimum Gasteiger partial charge on any atom is -0.444 e. The van der Waals surface area contributed by atoms with Crippen LogP contribution in [0, 0.1) is 19.8 Å². The van der Waals surface area contributed by atoms with Gasteiger partial charge >= 0.3 is 6.09 Å². The summed E-state index contributed by atoms with van der Waals surface area (Å²) in [7, 11) is 0. The summed E-state index contributed by atoms with van der Waals surface area (Å²) < 4.78 is 7.62. The smallest absolute Gasteiger partial charge is 0.410 e. The van der Waals surface area contributed by atoms with Crippen molar-refractivity contribution in [2.75, 3.05) is 39.3 Å². The molecule has 0 atom stereocenters. The number of rotatable bonds is 8. The van der Waals surface area contributed by atoms with Gasteiger partial charge in [-0.25, -0.2) is 4.79 Å². The Labute approximate surface area is 194 Å². The third-order valence-electron chi connectivity index (χ3n) is 5.65. The van der Waals surface area contributed by atoms with Crippen LogP contribution in [0.2, 0.25) is 0 Å². The van der Waals surface area contributed by atoms with Gasteiger partial charge in [-0.1, -0.05) is 0 Å². The number of nitrogens with one attached hydrogen (secondary N) is 1. The molecule has 0 aromatic carbocycles. The molecule has 0 bridgehead atoms. The Kier molecular flexibility index (Phi) is 9.84. The van der Waals surface area contributed by atoms with Crippen LogP contribution in [0.3, 0.4) is 0 Å². The average molecular weight is 449 g/mol. The van der Waals surface area contributed by atoms with Gasteiger partial charge in [0.2, 0.25) is 0 Å². The molecular weight excluding hydrogens is 404 g/mol. The van der Waals surface area contributed by atoms with Crippen molar-refractivity contribution in [1.29, 1.82) is 0 Å². The van der Waals surface area contributed by atoms with E-state index in [1.165, 1.54) is 5.69 Å². The number of aromatic nitrogens is 2. The maximum absolute atomic E-state index is 12.5. The van der Waals surface area contributed by atoms with Crippen molar-refractivity contribution < 1.29 is 9.53 Å². The number of hydrogen-bond donors (Lipinski definition) is 1. The van der Waals surface area contributed by atoms with Gasteiger partial charge in [0.15, 0.2) is 5.96 Å². The molecule has 1 saturated heterocycles. The molecule has 1 N–H and O–H groups in total. The minimum atomic E-state index is -0.458. The molecule has 0 radical (unpaired) electrons. The van der Waals surface area contributed by atoms with E-state index in [-0.39, 0.29) is 6.09 Å². The van der Waals surface area contributed by atoms with Crippen LogP contribution in [0.4, 0.5) is 4.79 Å². The zero-order valence-electron chi connectivity index (χ0n) is 21.3. The van der Waals surface area contributed by atoms with Crippen molar-refractivity contribution in [2.45, 2.75) is 79.9 Å². The lowest BCUT2D eigenvalue weighted by atomic mass is 9.96. The molecule has 1 aromatic heterocycles. The van der Waals surface area contributed by atoms with E-state index >= 15 is 0 Å². The monoisotopic (exact) mass is 448 g/mol. The molecule has 1 amide bonds. The Balaban J connectivity index is 1.83. The van der Waals surface area contributed by atoms with E-state index < -0.39 is 5.60 Å². The molecule has 0 aliphatic carbocycles. The number of aliphatic imine (C=N–C) groups is 1. The third-order valence-corrected chi connectivity index (χ3v) is 5.65. The second-order valence-corrected chi connectivity index (χ2v) is 9.69. The van der Waals surface area contributed by atoms with Crippen LogP contribution in [0.15, 0.2) is 11.1 Å². The van der Waals surface area contributed by atoms with Crippen molar-refractivity contribution in [2.24, 2.45) is 10.9 Å². The van der Waals surface area contributed by atoms with Gasteiger partial charge in [-0.2, -0.15) is 5.10 Å². The van der Waals surface area contributed by atoms with Gasteiger partial charge < -0.3 is 19.9 Å². The second-order valence-electron chi connectivity index (χ2n) is 9.69. The molecule has 1 aromatic rings.